The smallest absolute Gasteiger partial charge is 0.341 e. The molecular formula is C31H33N5O5S2. The van der Waals surface area contributed by atoms with E-state index in [1.54, 1.807) is 38.1 Å². The lowest BCUT2D eigenvalue weighted by Crippen LogP contribution is -2.26. The Morgan fingerprint density at radius 3 is 2.60 bits per heavy atom. The standard InChI is InChI=1S/C31H33N5O5S2/c1-4-41-30(39)26-22-14-10-16-24(22)43-29(26)33-27(37)19(2)42-31-35-34-25(36(31)18-20-11-6-5-7-12-20)17-32-28(38)21-13-8-9-15-23(21)40-3/h5-9,11-13,15,19H,4,10,14,16-18H2,1-3H3,(H,32,38)(H,33,37)/t19-/m0/s1. The molecule has 12 heteroatoms. The van der Waals surface area contributed by atoms with Gasteiger partial charge in [0.15, 0.2) is 11.0 Å². The van der Waals surface area contributed by atoms with Gasteiger partial charge < -0.3 is 24.7 Å². The van der Waals surface area contributed by atoms with Crippen molar-refractivity contribution >= 4 is 45.9 Å². The molecule has 2 N–H and O–H groups in total. The number of esters is 1. The lowest BCUT2D eigenvalue weighted by molar-refractivity contribution is -0.115. The minimum absolute atomic E-state index is 0.126. The second-order valence-electron chi connectivity index (χ2n) is 9.88. The van der Waals surface area contributed by atoms with E-state index in [1.165, 1.54) is 30.2 Å². The number of nitrogens with one attached hydrogen (secondary N) is 2. The van der Waals surface area contributed by atoms with Crippen LogP contribution in [0.4, 0.5) is 5.00 Å². The fourth-order valence-corrected chi connectivity index (χ4v) is 7.03. The van der Waals surface area contributed by atoms with Gasteiger partial charge in [-0.15, -0.1) is 21.5 Å². The molecule has 0 aliphatic heterocycles. The van der Waals surface area contributed by atoms with E-state index in [0.29, 0.717) is 39.4 Å². The van der Waals surface area contributed by atoms with Crippen molar-refractivity contribution in [1.82, 2.24) is 20.1 Å². The molecule has 0 bridgehead atoms. The molecule has 0 saturated heterocycles. The first-order valence-electron chi connectivity index (χ1n) is 14.1. The lowest BCUT2D eigenvalue weighted by Gasteiger charge is -2.15. The summed E-state index contributed by atoms with van der Waals surface area (Å²) in [6.07, 6.45) is 2.69. The van der Waals surface area contributed by atoms with Crippen LogP contribution in [0.5, 0.6) is 5.75 Å². The molecule has 43 heavy (non-hydrogen) atoms. The Balaban J connectivity index is 1.33. The number of thiophene rings is 1. The topological polar surface area (TPSA) is 124 Å². The molecule has 5 rings (SSSR count). The van der Waals surface area contributed by atoms with Gasteiger partial charge in [-0.05, 0) is 56.4 Å². The summed E-state index contributed by atoms with van der Waals surface area (Å²) in [5, 5.41) is 15.1. The van der Waals surface area contributed by atoms with Gasteiger partial charge in [0, 0.05) is 4.88 Å². The molecule has 2 amide bonds. The highest BCUT2D eigenvalue weighted by Gasteiger charge is 2.30. The number of hydrogen-bond acceptors (Lipinski definition) is 9. The van der Waals surface area contributed by atoms with E-state index in [4.69, 9.17) is 9.47 Å². The first kappa shape index (κ1) is 30.3. The van der Waals surface area contributed by atoms with Crippen molar-refractivity contribution in [2.45, 2.75) is 56.6 Å². The average Bonchev–Trinajstić information content (AvgIpc) is 3.71. The summed E-state index contributed by atoms with van der Waals surface area (Å²) >= 11 is 2.71. The number of aryl methyl sites for hydroxylation is 1. The monoisotopic (exact) mass is 619 g/mol. The minimum Gasteiger partial charge on any atom is -0.496 e. The number of aromatic nitrogens is 3. The van der Waals surface area contributed by atoms with Gasteiger partial charge in [-0.25, -0.2) is 4.79 Å². The van der Waals surface area contributed by atoms with Crippen molar-refractivity contribution in [3.05, 3.63) is 87.6 Å². The van der Waals surface area contributed by atoms with Gasteiger partial charge in [0.25, 0.3) is 5.91 Å². The number of carbonyl (C=O) groups is 3. The van der Waals surface area contributed by atoms with E-state index >= 15 is 0 Å². The highest BCUT2D eigenvalue weighted by atomic mass is 32.2. The molecule has 10 nitrogen and oxygen atoms in total. The number of amides is 2. The van der Waals surface area contributed by atoms with Gasteiger partial charge in [-0.3, -0.25) is 9.59 Å². The Kier molecular flexibility index (Phi) is 9.78. The highest BCUT2D eigenvalue weighted by Crippen LogP contribution is 2.40. The number of nitrogens with zero attached hydrogens (tertiary/aromatic N) is 3. The van der Waals surface area contributed by atoms with Crippen LogP contribution in [0.1, 0.15) is 62.8 Å². The number of thioether (sulfide) groups is 1. The van der Waals surface area contributed by atoms with Gasteiger partial charge in [0.05, 0.1) is 43.2 Å². The van der Waals surface area contributed by atoms with Crippen LogP contribution < -0.4 is 15.4 Å². The van der Waals surface area contributed by atoms with Crippen LogP contribution in [0.2, 0.25) is 0 Å². The lowest BCUT2D eigenvalue weighted by atomic mass is 10.1. The predicted octanol–water partition coefficient (Wildman–Crippen LogP) is 5.11. The van der Waals surface area contributed by atoms with Crippen LogP contribution in [-0.2, 0) is 35.5 Å². The molecule has 0 spiro atoms. The zero-order chi connectivity index (χ0) is 30.3. The van der Waals surface area contributed by atoms with E-state index in [0.717, 1.165) is 35.3 Å². The second kappa shape index (κ2) is 13.9. The summed E-state index contributed by atoms with van der Waals surface area (Å²) in [4.78, 5) is 40.2. The number of methoxy groups -OCH3 is 1. The highest BCUT2D eigenvalue weighted by molar-refractivity contribution is 8.00. The molecule has 4 aromatic rings. The number of fused-ring (bicyclic) bond motifs is 1. The molecule has 1 atom stereocenters. The van der Waals surface area contributed by atoms with E-state index in [9.17, 15) is 14.4 Å². The van der Waals surface area contributed by atoms with Crippen molar-refractivity contribution < 1.29 is 23.9 Å². The fourth-order valence-electron chi connectivity index (χ4n) is 4.89. The van der Waals surface area contributed by atoms with Crippen LogP contribution in [0.15, 0.2) is 59.8 Å². The summed E-state index contributed by atoms with van der Waals surface area (Å²) in [5.41, 5.74) is 2.90. The van der Waals surface area contributed by atoms with Crippen LogP contribution >= 0.6 is 23.1 Å². The molecule has 1 aliphatic rings. The SMILES string of the molecule is CCOC(=O)c1c(NC(=O)[C@H](C)Sc2nnc(CNC(=O)c3ccccc3OC)n2Cc2ccccc2)sc2c1CCC2. The maximum atomic E-state index is 13.4. The first-order valence-corrected chi connectivity index (χ1v) is 15.8. The fraction of sp³-hybridized carbons (Fsp3) is 0.323. The molecule has 0 fully saturated rings. The Bertz CT molecular complexity index is 1620. The van der Waals surface area contributed by atoms with E-state index in [2.05, 4.69) is 20.8 Å². The van der Waals surface area contributed by atoms with Gasteiger partial charge >= 0.3 is 5.97 Å². The number of rotatable bonds is 12. The third-order valence-corrected chi connectivity index (χ3v) is 9.31. The van der Waals surface area contributed by atoms with Crippen molar-refractivity contribution in [3.8, 4) is 5.75 Å². The van der Waals surface area contributed by atoms with Crippen molar-refractivity contribution in [2.75, 3.05) is 19.0 Å². The number of ether oxygens (including phenoxy) is 2. The largest absolute Gasteiger partial charge is 0.496 e. The molecule has 0 radical (unpaired) electrons. The summed E-state index contributed by atoms with van der Waals surface area (Å²) in [6, 6.07) is 16.8. The number of benzene rings is 2. The zero-order valence-electron chi connectivity index (χ0n) is 24.2. The molecule has 0 saturated carbocycles. The van der Waals surface area contributed by atoms with Gasteiger partial charge in [0.2, 0.25) is 5.91 Å². The second-order valence-corrected chi connectivity index (χ2v) is 12.3. The van der Waals surface area contributed by atoms with Gasteiger partial charge in [-0.2, -0.15) is 0 Å². The minimum atomic E-state index is -0.554. The van der Waals surface area contributed by atoms with Crippen molar-refractivity contribution in [1.29, 1.82) is 0 Å². The van der Waals surface area contributed by atoms with E-state index in [-0.39, 0.29) is 25.0 Å². The van der Waals surface area contributed by atoms with Crippen LogP contribution in [0.3, 0.4) is 0 Å². The Morgan fingerprint density at radius 1 is 1.07 bits per heavy atom. The van der Waals surface area contributed by atoms with Crippen LogP contribution in [0, 0.1) is 0 Å². The normalized spacial score (nSPS) is 12.8. The summed E-state index contributed by atoms with van der Waals surface area (Å²) < 4.78 is 12.5. The Morgan fingerprint density at radius 2 is 1.84 bits per heavy atom. The quantitative estimate of drug-likeness (QED) is 0.166. The van der Waals surface area contributed by atoms with E-state index < -0.39 is 11.2 Å². The van der Waals surface area contributed by atoms with Crippen LogP contribution in [0.25, 0.3) is 0 Å². The molecule has 2 heterocycles. The number of para-hydroxylation sites is 1. The number of hydrogen-bond donors (Lipinski definition) is 2. The first-order chi connectivity index (χ1) is 20.9. The average molecular weight is 620 g/mol. The maximum Gasteiger partial charge on any atom is 0.341 e. The molecular weight excluding hydrogens is 587 g/mol. The molecule has 224 valence electrons. The van der Waals surface area contributed by atoms with Crippen molar-refractivity contribution in [3.63, 3.8) is 0 Å². The molecule has 2 aromatic heterocycles. The summed E-state index contributed by atoms with van der Waals surface area (Å²) in [7, 11) is 1.52. The number of carbonyl (C=O) groups excluding carboxylic acids is 3. The summed E-state index contributed by atoms with van der Waals surface area (Å²) in [5.74, 6) is 0.0648. The Labute approximate surface area is 258 Å². The van der Waals surface area contributed by atoms with Gasteiger partial charge in [0.1, 0.15) is 10.8 Å². The number of anilines is 1. The Hall–Kier alpha value is -4.16. The predicted molar refractivity (Wildman–Crippen MR) is 166 cm³/mol. The molecule has 2 aromatic carbocycles. The van der Waals surface area contributed by atoms with E-state index in [1.807, 2.05) is 34.9 Å². The maximum absolute atomic E-state index is 13.4. The summed E-state index contributed by atoms with van der Waals surface area (Å²) in [6.45, 7) is 4.40. The van der Waals surface area contributed by atoms with Crippen LogP contribution in [-0.4, -0.2) is 51.5 Å². The zero-order valence-corrected chi connectivity index (χ0v) is 25.8. The van der Waals surface area contributed by atoms with Crippen molar-refractivity contribution in [2.24, 2.45) is 0 Å². The molecule has 1 aliphatic carbocycles. The van der Waals surface area contributed by atoms with Gasteiger partial charge in [-0.1, -0.05) is 54.2 Å². The third-order valence-electron chi connectivity index (χ3n) is 7.02. The molecule has 0 unspecified atom stereocenters. The third kappa shape index (κ3) is 6.91.